The van der Waals surface area contributed by atoms with Crippen molar-refractivity contribution in [1.29, 1.82) is 0 Å². The van der Waals surface area contributed by atoms with Gasteiger partial charge in [0.1, 0.15) is 0 Å². The number of fused-ring (bicyclic) bond motifs is 1. The van der Waals surface area contributed by atoms with Crippen LogP contribution in [0, 0.1) is 0 Å². The second-order valence-corrected chi connectivity index (χ2v) is 4.44. The van der Waals surface area contributed by atoms with E-state index in [1.54, 1.807) is 0 Å². The van der Waals surface area contributed by atoms with Gasteiger partial charge in [0.05, 0.1) is 0 Å². The zero-order chi connectivity index (χ0) is 9.97. The fraction of sp³-hybridized carbons (Fsp3) is 0.333. The normalized spacial score (nSPS) is 13.3. The molecule has 0 aliphatic heterocycles. The lowest BCUT2D eigenvalue weighted by Gasteiger charge is -2.10. The molecule has 1 atom stereocenters. The van der Waals surface area contributed by atoms with Crippen LogP contribution in [0.1, 0.15) is 24.8 Å². The standard InChI is InChI=1S/C12H15NS/c1-2-9(7-13)11-8-14-12-6-4-3-5-10(11)12/h3-6,8-9H,2,7,13H2,1H3. The molecule has 1 aromatic carbocycles. The van der Waals surface area contributed by atoms with Gasteiger partial charge >= 0.3 is 0 Å². The van der Waals surface area contributed by atoms with Crippen LogP contribution in [-0.2, 0) is 0 Å². The Morgan fingerprint density at radius 3 is 2.86 bits per heavy atom. The summed E-state index contributed by atoms with van der Waals surface area (Å²) in [4.78, 5) is 0. The van der Waals surface area contributed by atoms with E-state index in [4.69, 9.17) is 5.73 Å². The molecule has 2 N–H and O–H groups in total. The molecule has 74 valence electrons. The quantitative estimate of drug-likeness (QED) is 0.817. The molecule has 0 aliphatic rings. The second kappa shape index (κ2) is 4.11. The Bertz CT molecular complexity index is 415. The Labute approximate surface area is 88.6 Å². The van der Waals surface area contributed by atoms with Crippen molar-refractivity contribution in [3.05, 3.63) is 35.2 Å². The van der Waals surface area contributed by atoms with Crippen LogP contribution >= 0.6 is 11.3 Å². The van der Waals surface area contributed by atoms with Crippen molar-refractivity contribution in [2.45, 2.75) is 19.3 Å². The van der Waals surface area contributed by atoms with Crippen LogP contribution < -0.4 is 5.73 Å². The summed E-state index contributed by atoms with van der Waals surface area (Å²) in [6.45, 7) is 2.95. The van der Waals surface area contributed by atoms with Gasteiger partial charge in [-0.2, -0.15) is 0 Å². The summed E-state index contributed by atoms with van der Waals surface area (Å²) in [5.74, 6) is 0.520. The molecule has 2 aromatic rings. The van der Waals surface area contributed by atoms with Gasteiger partial charge in [-0.3, -0.25) is 0 Å². The third-order valence-corrected chi connectivity index (χ3v) is 3.71. The second-order valence-electron chi connectivity index (χ2n) is 3.53. The smallest absolute Gasteiger partial charge is 0.0345 e. The van der Waals surface area contributed by atoms with Crippen molar-refractivity contribution in [3.8, 4) is 0 Å². The van der Waals surface area contributed by atoms with Crippen LogP contribution in [0.2, 0.25) is 0 Å². The Morgan fingerprint density at radius 2 is 2.14 bits per heavy atom. The largest absolute Gasteiger partial charge is 0.330 e. The fourth-order valence-corrected chi connectivity index (χ4v) is 2.87. The zero-order valence-electron chi connectivity index (χ0n) is 8.36. The van der Waals surface area contributed by atoms with E-state index in [9.17, 15) is 0 Å². The van der Waals surface area contributed by atoms with E-state index < -0.39 is 0 Å². The molecule has 1 aromatic heterocycles. The minimum absolute atomic E-state index is 0.520. The third kappa shape index (κ3) is 1.56. The number of rotatable bonds is 3. The summed E-state index contributed by atoms with van der Waals surface area (Å²) >= 11 is 1.82. The minimum Gasteiger partial charge on any atom is -0.330 e. The highest BCUT2D eigenvalue weighted by atomic mass is 32.1. The maximum Gasteiger partial charge on any atom is 0.0345 e. The summed E-state index contributed by atoms with van der Waals surface area (Å²) in [5.41, 5.74) is 7.20. The number of hydrogen-bond acceptors (Lipinski definition) is 2. The minimum atomic E-state index is 0.520. The van der Waals surface area contributed by atoms with Crippen molar-refractivity contribution in [2.75, 3.05) is 6.54 Å². The van der Waals surface area contributed by atoms with Gasteiger partial charge in [-0.15, -0.1) is 11.3 Å². The summed E-state index contributed by atoms with van der Waals surface area (Å²) in [6.07, 6.45) is 1.12. The first-order valence-electron chi connectivity index (χ1n) is 5.03. The molecule has 0 amide bonds. The lowest BCUT2D eigenvalue weighted by atomic mass is 9.96. The van der Waals surface area contributed by atoms with Gasteiger partial charge in [0.15, 0.2) is 0 Å². The summed E-state index contributed by atoms with van der Waals surface area (Å²) in [7, 11) is 0. The Balaban J connectivity index is 2.51. The monoisotopic (exact) mass is 205 g/mol. The lowest BCUT2D eigenvalue weighted by molar-refractivity contribution is 0.681. The van der Waals surface area contributed by atoms with Crippen molar-refractivity contribution in [3.63, 3.8) is 0 Å². The van der Waals surface area contributed by atoms with E-state index in [0.29, 0.717) is 5.92 Å². The predicted octanol–water partition coefficient (Wildman–Crippen LogP) is 3.35. The van der Waals surface area contributed by atoms with Gasteiger partial charge in [-0.05, 0) is 41.3 Å². The Morgan fingerprint density at radius 1 is 1.36 bits per heavy atom. The highest BCUT2D eigenvalue weighted by Crippen LogP contribution is 2.32. The summed E-state index contributed by atoms with van der Waals surface area (Å²) < 4.78 is 1.37. The zero-order valence-corrected chi connectivity index (χ0v) is 9.18. The molecular weight excluding hydrogens is 190 g/mol. The van der Waals surface area contributed by atoms with E-state index in [0.717, 1.165) is 13.0 Å². The maximum atomic E-state index is 5.77. The number of thiophene rings is 1. The van der Waals surface area contributed by atoms with Crippen LogP contribution in [0.25, 0.3) is 10.1 Å². The molecule has 1 nitrogen and oxygen atoms in total. The van der Waals surface area contributed by atoms with Crippen molar-refractivity contribution in [2.24, 2.45) is 5.73 Å². The first-order valence-corrected chi connectivity index (χ1v) is 5.91. The summed E-state index contributed by atoms with van der Waals surface area (Å²) in [6, 6.07) is 8.56. The van der Waals surface area contributed by atoms with E-state index in [1.807, 2.05) is 11.3 Å². The van der Waals surface area contributed by atoms with Crippen LogP contribution in [0.4, 0.5) is 0 Å². The molecule has 1 heterocycles. The predicted molar refractivity (Wildman–Crippen MR) is 63.9 cm³/mol. The van der Waals surface area contributed by atoms with Crippen molar-refractivity contribution >= 4 is 21.4 Å². The topological polar surface area (TPSA) is 26.0 Å². The highest BCUT2D eigenvalue weighted by molar-refractivity contribution is 7.17. The number of benzene rings is 1. The highest BCUT2D eigenvalue weighted by Gasteiger charge is 2.11. The molecular formula is C12H15NS. The lowest BCUT2D eigenvalue weighted by Crippen LogP contribution is -2.10. The van der Waals surface area contributed by atoms with Crippen molar-refractivity contribution in [1.82, 2.24) is 0 Å². The molecule has 14 heavy (non-hydrogen) atoms. The molecule has 2 rings (SSSR count). The molecule has 0 saturated carbocycles. The molecule has 0 fully saturated rings. The van der Waals surface area contributed by atoms with Crippen LogP contribution in [-0.4, -0.2) is 6.54 Å². The Hall–Kier alpha value is -0.860. The molecule has 0 aliphatic carbocycles. The van der Waals surface area contributed by atoms with Gasteiger partial charge in [-0.25, -0.2) is 0 Å². The van der Waals surface area contributed by atoms with Gasteiger partial charge in [0.25, 0.3) is 0 Å². The van der Waals surface area contributed by atoms with Crippen molar-refractivity contribution < 1.29 is 0 Å². The maximum absolute atomic E-state index is 5.77. The van der Waals surface area contributed by atoms with Crippen LogP contribution in [0.15, 0.2) is 29.6 Å². The van der Waals surface area contributed by atoms with E-state index >= 15 is 0 Å². The first-order chi connectivity index (χ1) is 6.86. The average Bonchev–Trinajstić information content (AvgIpc) is 2.65. The van der Waals surface area contributed by atoms with E-state index in [2.05, 4.69) is 36.6 Å². The SMILES string of the molecule is CCC(CN)c1csc2ccccc12. The van der Waals surface area contributed by atoms with E-state index in [-0.39, 0.29) is 0 Å². The molecule has 2 heteroatoms. The van der Waals surface area contributed by atoms with E-state index in [1.165, 1.54) is 15.6 Å². The molecule has 0 radical (unpaired) electrons. The molecule has 0 spiro atoms. The van der Waals surface area contributed by atoms with Gasteiger partial charge in [0, 0.05) is 4.70 Å². The fourth-order valence-electron chi connectivity index (χ4n) is 1.83. The molecule has 0 saturated heterocycles. The third-order valence-electron chi connectivity index (χ3n) is 2.73. The van der Waals surface area contributed by atoms with Gasteiger partial charge < -0.3 is 5.73 Å². The van der Waals surface area contributed by atoms with Gasteiger partial charge in [-0.1, -0.05) is 25.1 Å². The number of hydrogen-bond donors (Lipinski definition) is 1. The van der Waals surface area contributed by atoms with Crippen LogP contribution in [0.3, 0.4) is 0 Å². The van der Waals surface area contributed by atoms with Crippen LogP contribution in [0.5, 0.6) is 0 Å². The first kappa shape index (κ1) is 9.69. The molecule has 0 bridgehead atoms. The number of nitrogens with two attached hydrogens (primary N) is 1. The Kier molecular flexibility index (Phi) is 2.85. The summed E-state index contributed by atoms with van der Waals surface area (Å²) in [5, 5.41) is 3.64. The average molecular weight is 205 g/mol. The van der Waals surface area contributed by atoms with Gasteiger partial charge in [0.2, 0.25) is 0 Å². The molecule has 1 unspecified atom stereocenters.